The third kappa shape index (κ3) is 3.53. The Labute approximate surface area is 142 Å². The highest BCUT2D eigenvalue weighted by molar-refractivity contribution is 6.30. The molecule has 7 nitrogen and oxygen atoms in total. The third-order valence-electron chi connectivity index (χ3n) is 3.52. The molecule has 2 N–H and O–H groups in total. The van der Waals surface area contributed by atoms with Crippen molar-refractivity contribution in [2.75, 3.05) is 0 Å². The summed E-state index contributed by atoms with van der Waals surface area (Å²) in [7, 11) is 0. The molecule has 1 amide bonds. The fraction of sp³-hybridized carbons (Fsp3) is 0.333. The van der Waals surface area contributed by atoms with Crippen LogP contribution >= 0.6 is 11.6 Å². The summed E-state index contributed by atoms with van der Waals surface area (Å²) in [5.74, 6) is -2.55. The highest BCUT2D eigenvalue weighted by Crippen LogP contribution is 2.21. The fourth-order valence-electron chi connectivity index (χ4n) is 2.19. The number of benzene rings is 1. The Morgan fingerprint density at radius 2 is 2.17 bits per heavy atom. The van der Waals surface area contributed by atoms with Crippen molar-refractivity contribution < 1.29 is 19.1 Å². The number of nitrogens with zero attached hydrogens (tertiary/aromatic N) is 3. The minimum Gasteiger partial charge on any atom is -0.480 e. The first kappa shape index (κ1) is 17.9. The SMILES string of the molecule is CCCC(C)(NC(=O)c1cn(-c2cccc(Cl)c2F)nn1)C(=O)O. The molecule has 1 atom stereocenters. The molecule has 1 aromatic carbocycles. The molecule has 1 unspecified atom stereocenters. The van der Waals surface area contributed by atoms with E-state index in [0.29, 0.717) is 6.42 Å². The molecule has 1 aromatic heterocycles. The van der Waals surface area contributed by atoms with Crippen molar-refractivity contribution in [1.82, 2.24) is 20.3 Å². The van der Waals surface area contributed by atoms with Crippen LogP contribution in [0, 0.1) is 5.82 Å². The molecule has 0 saturated carbocycles. The van der Waals surface area contributed by atoms with Crippen molar-refractivity contribution in [1.29, 1.82) is 0 Å². The van der Waals surface area contributed by atoms with E-state index in [4.69, 9.17) is 11.6 Å². The van der Waals surface area contributed by atoms with E-state index in [0.717, 1.165) is 4.68 Å². The van der Waals surface area contributed by atoms with Crippen molar-refractivity contribution in [3.05, 3.63) is 40.9 Å². The Balaban J connectivity index is 2.25. The Kier molecular flexibility index (Phi) is 5.18. The highest BCUT2D eigenvalue weighted by Gasteiger charge is 2.34. The predicted octanol–water partition coefficient (Wildman–Crippen LogP) is 2.43. The van der Waals surface area contributed by atoms with Crippen LogP contribution in [0.3, 0.4) is 0 Å². The number of nitrogens with one attached hydrogen (secondary N) is 1. The normalized spacial score (nSPS) is 13.3. The van der Waals surface area contributed by atoms with Crippen LogP contribution in [-0.4, -0.2) is 37.5 Å². The Morgan fingerprint density at radius 3 is 2.79 bits per heavy atom. The number of rotatable bonds is 6. The predicted molar refractivity (Wildman–Crippen MR) is 84.7 cm³/mol. The van der Waals surface area contributed by atoms with Gasteiger partial charge in [0, 0.05) is 0 Å². The van der Waals surface area contributed by atoms with Crippen molar-refractivity contribution in [2.45, 2.75) is 32.2 Å². The zero-order chi connectivity index (χ0) is 17.9. The van der Waals surface area contributed by atoms with Crippen LogP contribution in [0.1, 0.15) is 37.2 Å². The number of carbonyl (C=O) groups excluding carboxylic acids is 1. The molecule has 0 aliphatic heterocycles. The van der Waals surface area contributed by atoms with E-state index in [1.54, 1.807) is 0 Å². The van der Waals surface area contributed by atoms with Crippen LogP contribution in [0.25, 0.3) is 5.69 Å². The zero-order valence-electron chi connectivity index (χ0n) is 13.1. The van der Waals surface area contributed by atoms with Gasteiger partial charge in [0.1, 0.15) is 11.2 Å². The lowest BCUT2D eigenvalue weighted by Crippen LogP contribution is -2.52. The molecule has 1 heterocycles. The molecule has 0 bridgehead atoms. The lowest BCUT2D eigenvalue weighted by Gasteiger charge is -2.25. The Bertz CT molecular complexity index is 780. The summed E-state index contributed by atoms with van der Waals surface area (Å²) >= 11 is 5.71. The second-order valence-corrected chi connectivity index (χ2v) is 5.87. The Hall–Kier alpha value is -2.48. The lowest BCUT2D eigenvalue weighted by atomic mass is 9.96. The average molecular weight is 355 g/mol. The van der Waals surface area contributed by atoms with Gasteiger partial charge in [-0.3, -0.25) is 4.79 Å². The van der Waals surface area contributed by atoms with Crippen molar-refractivity contribution in [3.63, 3.8) is 0 Å². The monoisotopic (exact) mass is 354 g/mol. The van der Waals surface area contributed by atoms with E-state index < -0.39 is 23.2 Å². The van der Waals surface area contributed by atoms with Gasteiger partial charge < -0.3 is 10.4 Å². The van der Waals surface area contributed by atoms with Gasteiger partial charge in [-0.15, -0.1) is 5.10 Å². The summed E-state index contributed by atoms with van der Waals surface area (Å²) in [4.78, 5) is 23.6. The molecule has 0 aliphatic carbocycles. The molecule has 128 valence electrons. The van der Waals surface area contributed by atoms with E-state index in [2.05, 4.69) is 15.6 Å². The number of hydrogen-bond donors (Lipinski definition) is 2. The molecule has 24 heavy (non-hydrogen) atoms. The van der Waals surface area contributed by atoms with E-state index in [9.17, 15) is 19.1 Å². The standard InChI is InChI=1S/C15H16ClFN4O3/c1-3-7-15(2,14(23)24)18-13(22)10-8-21(20-19-10)11-6-4-5-9(16)12(11)17/h4-6,8H,3,7H2,1-2H3,(H,18,22)(H,23,24). The van der Waals surface area contributed by atoms with Gasteiger partial charge in [-0.2, -0.15) is 0 Å². The summed E-state index contributed by atoms with van der Waals surface area (Å²) in [5, 5.41) is 19.0. The van der Waals surface area contributed by atoms with Crippen molar-refractivity contribution in [2.24, 2.45) is 0 Å². The number of halogens is 2. The number of aliphatic carboxylic acids is 1. The summed E-state index contributed by atoms with van der Waals surface area (Å²) in [6.45, 7) is 3.23. The second kappa shape index (κ2) is 6.96. The van der Waals surface area contributed by atoms with E-state index in [1.807, 2.05) is 6.92 Å². The quantitative estimate of drug-likeness (QED) is 0.830. The van der Waals surface area contributed by atoms with Crippen LogP contribution in [0.4, 0.5) is 4.39 Å². The largest absolute Gasteiger partial charge is 0.480 e. The zero-order valence-corrected chi connectivity index (χ0v) is 13.8. The molecular weight excluding hydrogens is 339 g/mol. The maximum atomic E-state index is 14.0. The number of hydrogen-bond acceptors (Lipinski definition) is 4. The van der Waals surface area contributed by atoms with Crippen molar-refractivity contribution >= 4 is 23.5 Å². The minimum atomic E-state index is -1.42. The topological polar surface area (TPSA) is 97.1 Å². The van der Waals surface area contributed by atoms with Crippen LogP contribution < -0.4 is 5.32 Å². The first-order valence-corrected chi connectivity index (χ1v) is 7.59. The number of amides is 1. The number of carbonyl (C=O) groups is 2. The van der Waals surface area contributed by atoms with Gasteiger partial charge in [-0.25, -0.2) is 13.9 Å². The minimum absolute atomic E-state index is 0.0311. The van der Waals surface area contributed by atoms with E-state index >= 15 is 0 Å². The smallest absolute Gasteiger partial charge is 0.329 e. The fourth-order valence-corrected chi connectivity index (χ4v) is 2.36. The molecule has 0 aliphatic rings. The summed E-state index contributed by atoms with van der Waals surface area (Å²) in [6.07, 6.45) is 2.03. The molecule has 0 spiro atoms. The van der Waals surface area contributed by atoms with Gasteiger partial charge in [0.15, 0.2) is 11.5 Å². The van der Waals surface area contributed by atoms with Gasteiger partial charge in [0.05, 0.1) is 11.2 Å². The first-order chi connectivity index (χ1) is 11.3. The second-order valence-electron chi connectivity index (χ2n) is 5.46. The van der Waals surface area contributed by atoms with Crippen LogP contribution in [0.15, 0.2) is 24.4 Å². The first-order valence-electron chi connectivity index (χ1n) is 7.21. The van der Waals surface area contributed by atoms with E-state index in [1.165, 1.54) is 31.3 Å². The third-order valence-corrected chi connectivity index (χ3v) is 3.81. The molecule has 0 radical (unpaired) electrons. The van der Waals surface area contributed by atoms with Crippen LogP contribution in [0.2, 0.25) is 5.02 Å². The Morgan fingerprint density at radius 1 is 1.46 bits per heavy atom. The van der Waals surface area contributed by atoms with Gasteiger partial charge >= 0.3 is 5.97 Å². The molecule has 2 rings (SSSR count). The molecule has 2 aromatic rings. The van der Waals surface area contributed by atoms with Crippen LogP contribution in [0.5, 0.6) is 0 Å². The molecule has 9 heteroatoms. The maximum absolute atomic E-state index is 14.0. The van der Waals surface area contributed by atoms with Crippen LogP contribution in [-0.2, 0) is 4.79 Å². The molecular formula is C15H16ClFN4O3. The van der Waals surface area contributed by atoms with Gasteiger partial charge in [-0.05, 0) is 25.5 Å². The van der Waals surface area contributed by atoms with E-state index in [-0.39, 0.29) is 22.8 Å². The van der Waals surface area contributed by atoms with Crippen molar-refractivity contribution in [3.8, 4) is 5.69 Å². The summed E-state index contributed by atoms with van der Waals surface area (Å²) in [6, 6.07) is 4.34. The molecule has 0 fully saturated rings. The molecule has 0 saturated heterocycles. The van der Waals surface area contributed by atoms with Gasteiger partial charge in [0.25, 0.3) is 5.91 Å². The number of aromatic nitrogens is 3. The lowest BCUT2D eigenvalue weighted by molar-refractivity contribution is -0.144. The maximum Gasteiger partial charge on any atom is 0.329 e. The number of carboxylic acid groups (broad SMARTS) is 1. The summed E-state index contributed by atoms with van der Waals surface area (Å²) < 4.78 is 15.0. The average Bonchev–Trinajstić information content (AvgIpc) is 3.00. The van der Waals surface area contributed by atoms with Gasteiger partial charge in [0.2, 0.25) is 0 Å². The van der Waals surface area contributed by atoms with Gasteiger partial charge in [-0.1, -0.05) is 36.2 Å². The highest BCUT2D eigenvalue weighted by atomic mass is 35.5. The number of carboxylic acids is 1. The summed E-state index contributed by atoms with van der Waals surface area (Å²) in [5.41, 5.74) is -1.52.